The Morgan fingerprint density at radius 2 is 1.97 bits per heavy atom. The van der Waals surface area contributed by atoms with Crippen molar-refractivity contribution in [3.8, 4) is 11.8 Å². The number of hydrogen-bond donors (Lipinski definition) is 2. The van der Waals surface area contributed by atoms with Crippen molar-refractivity contribution in [2.45, 2.75) is 76.5 Å². The molecule has 0 spiro atoms. The Kier molecular flexibility index (Phi) is 6.73. The number of aliphatic hydroxyl groups excluding tert-OH is 1. The van der Waals surface area contributed by atoms with Gasteiger partial charge in [0.1, 0.15) is 30.7 Å². The molecule has 10 nitrogen and oxygen atoms in total. The summed E-state index contributed by atoms with van der Waals surface area (Å²) in [5.41, 5.74) is 1.36. The molecule has 0 unspecified atom stereocenters. The maximum Gasteiger partial charge on any atom is 0.256 e. The molecule has 4 heterocycles. The molecule has 2 aliphatic heterocycles. The first-order valence-corrected chi connectivity index (χ1v) is 12.1. The van der Waals surface area contributed by atoms with E-state index in [9.17, 15) is 9.90 Å². The van der Waals surface area contributed by atoms with Crippen molar-refractivity contribution in [2.24, 2.45) is 0 Å². The number of carbonyl (C=O) groups excluding carboxylic acids is 1. The minimum Gasteiger partial charge on any atom is -0.378 e. The summed E-state index contributed by atoms with van der Waals surface area (Å²) in [7, 11) is 0. The lowest BCUT2D eigenvalue weighted by Gasteiger charge is -2.25. The maximum atomic E-state index is 12.7. The minimum absolute atomic E-state index is 0.282. The van der Waals surface area contributed by atoms with Crippen molar-refractivity contribution in [2.75, 3.05) is 5.32 Å². The second kappa shape index (κ2) is 9.95. The van der Waals surface area contributed by atoms with Crippen molar-refractivity contribution in [3.05, 3.63) is 48.5 Å². The zero-order valence-corrected chi connectivity index (χ0v) is 20.4. The van der Waals surface area contributed by atoms with Gasteiger partial charge in [0.15, 0.2) is 29.0 Å². The van der Waals surface area contributed by atoms with E-state index in [1.54, 1.807) is 35.2 Å². The molecule has 2 aromatic heterocycles. The molecule has 1 aromatic carbocycles. The predicted molar refractivity (Wildman–Crippen MR) is 131 cm³/mol. The van der Waals surface area contributed by atoms with Crippen LogP contribution in [0, 0.1) is 11.8 Å². The zero-order chi connectivity index (χ0) is 25.3. The monoisotopic (exact) mass is 491 g/mol. The molecule has 36 heavy (non-hydrogen) atoms. The van der Waals surface area contributed by atoms with Crippen LogP contribution in [0.25, 0.3) is 11.2 Å². The highest BCUT2D eigenvalue weighted by atomic mass is 16.8. The molecule has 3 aromatic rings. The lowest BCUT2D eigenvalue weighted by atomic mass is 10.1. The predicted octanol–water partition coefficient (Wildman–Crippen LogP) is 3.05. The number of hydrogen-bond acceptors (Lipinski definition) is 8. The van der Waals surface area contributed by atoms with Gasteiger partial charge in [-0.25, -0.2) is 15.0 Å². The van der Waals surface area contributed by atoms with Gasteiger partial charge in [-0.3, -0.25) is 9.36 Å². The Hall–Kier alpha value is -3.36. The molecule has 10 heteroatoms. The first-order valence-electron chi connectivity index (χ1n) is 12.1. The Morgan fingerprint density at radius 3 is 2.75 bits per heavy atom. The van der Waals surface area contributed by atoms with E-state index in [2.05, 4.69) is 39.0 Å². The lowest BCUT2D eigenvalue weighted by Crippen LogP contribution is -2.37. The van der Waals surface area contributed by atoms with Crippen molar-refractivity contribution < 1.29 is 24.1 Å². The van der Waals surface area contributed by atoms with E-state index in [1.807, 2.05) is 19.9 Å². The molecule has 2 saturated heterocycles. The number of fused-ring (bicyclic) bond motifs is 2. The number of unbranched alkanes of at least 4 members (excludes halogenated alkanes) is 2. The van der Waals surface area contributed by atoms with E-state index in [-0.39, 0.29) is 11.7 Å². The van der Waals surface area contributed by atoms with Crippen molar-refractivity contribution in [3.63, 3.8) is 0 Å². The van der Waals surface area contributed by atoms with E-state index in [0.717, 1.165) is 12.8 Å². The Bertz CT molecular complexity index is 1300. The molecule has 0 aliphatic carbocycles. The van der Waals surface area contributed by atoms with E-state index < -0.39 is 36.4 Å². The summed E-state index contributed by atoms with van der Waals surface area (Å²) < 4.78 is 20.2. The Labute approximate surface area is 209 Å². The number of aromatic nitrogens is 4. The van der Waals surface area contributed by atoms with Crippen LogP contribution in [0.2, 0.25) is 0 Å². The topological polar surface area (TPSA) is 121 Å². The molecule has 0 saturated carbocycles. The average molecular weight is 492 g/mol. The fraction of sp³-hybridized carbons (Fsp3) is 0.462. The van der Waals surface area contributed by atoms with Gasteiger partial charge in [0.2, 0.25) is 0 Å². The smallest absolute Gasteiger partial charge is 0.256 e. The minimum atomic E-state index is -1.04. The molecule has 2 aliphatic rings. The van der Waals surface area contributed by atoms with Crippen molar-refractivity contribution in [1.29, 1.82) is 0 Å². The third-order valence-electron chi connectivity index (χ3n) is 6.18. The first kappa shape index (κ1) is 24.3. The Morgan fingerprint density at radius 1 is 1.19 bits per heavy atom. The zero-order valence-electron chi connectivity index (χ0n) is 20.4. The van der Waals surface area contributed by atoms with E-state index in [4.69, 9.17) is 14.2 Å². The molecule has 0 bridgehead atoms. The molecule has 188 valence electrons. The number of amides is 1. The number of benzene rings is 1. The highest BCUT2D eigenvalue weighted by molar-refractivity contribution is 6.06. The molecular formula is C26H29N5O5. The van der Waals surface area contributed by atoms with Crippen LogP contribution in [-0.2, 0) is 14.2 Å². The van der Waals surface area contributed by atoms with Crippen LogP contribution < -0.4 is 5.32 Å². The summed E-state index contributed by atoms with van der Waals surface area (Å²) >= 11 is 0. The highest BCUT2D eigenvalue weighted by Crippen LogP contribution is 2.44. The van der Waals surface area contributed by atoms with Crippen molar-refractivity contribution >= 4 is 22.9 Å². The summed E-state index contributed by atoms with van der Waals surface area (Å²) in [6, 6.07) is 8.85. The van der Waals surface area contributed by atoms with Crippen LogP contribution in [0.1, 0.15) is 56.6 Å². The summed E-state index contributed by atoms with van der Waals surface area (Å²) in [5, 5.41) is 13.6. The van der Waals surface area contributed by atoms with Gasteiger partial charge in [-0.2, -0.15) is 0 Å². The molecule has 2 fully saturated rings. The third-order valence-corrected chi connectivity index (χ3v) is 6.18. The second-order valence-corrected chi connectivity index (χ2v) is 9.29. The van der Waals surface area contributed by atoms with Crippen LogP contribution >= 0.6 is 0 Å². The first-order chi connectivity index (χ1) is 17.4. The fourth-order valence-electron chi connectivity index (χ4n) is 4.51. The summed E-state index contributed by atoms with van der Waals surface area (Å²) in [4.78, 5) is 25.7. The van der Waals surface area contributed by atoms with Crippen LogP contribution in [0.5, 0.6) is 0 Å². The van der Waals surface area contributed by atoms with Crippen LogP contribution in [0.4, 0.5) is 5.82 Å². The van der Waals surface area contributed by atoms with Gasteiger partial charge < -0.3 is 24.6 Å². The lowest BCUT2D eigenvalue weighted by molar-refractivity contribution is -0.203. The number of carbonyl (C=O) groups is 1. The summed E-state index contributed by atoms with van der Waals surface area (Å²) in [6.07, 6.45) is 2.15. The molecule has 0 radical (unpaired) electrons. The third kappa shape index (κ3) is 4.70. The number of nitrogens with zero attached hydrogens (tertiary/aromatic N) is 4. The molecule has 5 rings (SSSR count). The average Bonchev–Trinajstić information content (AvgIpc) is 3.53. The van der Waals surface area contributed by atoms with Gasteiger partial charge in [0, 0.05) is 12.0 Å². The fourth-order valence-corrected chi connectivity index (χ4v) is 4.51. The highest BCUT2D eigenvalue weighted by Gasteiger charge is 2.57. The van der Waals surface area contributed by atoms with Gasteiger partial charge in [0.05, 0.1) is 6.33 Å². The van der Waals surface area contributed by atoms with Crippen LogP contribution in [0.15, 0.2) is 43.0 Å². The van der Waals surface area contributed by atoms with Gasteiger partial charge in [-0.1, -0.05) is 37.5 Å². The van der Waals surface area contributed by atoms with Crippen LogP contribution in [0.3, 0.4) is 0 Å². The number of nitrogens with one attached hydrogen (secondary N) is 1. The van der Waals surface area contributed by atoms with Crippen LogP contribution in [-0.4, -0.2) is 60.7 Å². The second-order valence-electron chi connectivity index (χ2n) is 9.29. The van der Waals surface area contributed by atoms with E-state index >= 15 is 0 Å². The normalized spacial score (nSPS) is 25.2. The Balaban J connectivity index is 1.43. The summed E-state index contributed by atoms with van der Waals surface area (Å²) in [5.74, 6) is 5.04. The number of aliphatic hydroxyl groups is 1. The maximum absolute atomic E-state index is 12.7. The number of rotatable bonds is 6. The van der Waals surface area contributed by atoms with Crippen molar-refractivity contribution in [1.82, 2.24) is 19.5 Å². The molecular weight excluding hydrogens is 462 g/mol. The molecule has 2 N–H and O–H groups in total. The summed E-state index contributed by atoms with van der Waals surface area (Å²) in [6.45, 7) is 5.74. The van der Waals surface area contributed by atoms with Gasteiger partial charge in [-0.15, -0.1) is 5.92 Å². The van der Waals surface area contributed by atoms with Gasteiger partial charge in [0.25, 0.3) is 5.91 Å². The number of anilines is 1. The number of imidazole rings is 1. The van der Waals surface area contributed by atoms with Gasteiger partial charge >= 0.3 is 0 Å². The van der Waals surface area contributed by atoms with E-state index in [1.165, 1.54) is 6.33 Å². The quantitative estimate of drug-likeness (QED) is 0.399. The van der Waals surface area contributed by atoms with E-state index in [0.29, 0.717) is 23.1 Å². The van der Waals surface area contributed by atoms with Gasteiger partial charge in [-0.05, 0) is 32.4 Å². The standard InChI is InChI=1S/C26H29N5O5/c1-4-5-6-10-13-17(32)19-20-21(36-26(2,3)35-20)25(34-19)31-15-29-18-22(27-14-28-23(18)31)30-24(33)16-11-8-7-9-12-16/h7-9,11-12,14-15,17,19-21,25,32H,4-6H2,1-3H3,(H,27,28,30,33)/t17-,19-,20-,21-,25-/m1/s1. The number of ether oxygens (including phenoxy) is 3. The largest absolute Gasteiger partial charge is 0.378 e. The molecule has 1 amide bonds. The molecule has 5 atom stereocenters. The SMILES string of the molecule is CCCCC#C[C@@H](O)[C@H]1O[C@@H](n2cnc3c(NC(=O)c4ccccc4)ncnc32)[C@@H]2OC(C)(C)O[C@@H]21.